The van der Waals surface area contributed by atoms with Crippen LogP contribution in [0.25, 0.3) is 10.2 Å². The predicted molar refractivity (Wildman–Crippen MR) is 117 cm³/mol. The molecule has 0 radical (unpaired) electrons. The SMILES string of the molecule is Cc1cc(C)c2sc(N3CCN(CCNC(=O)c4ccccc4)CC3)nc2c1. The van der Waals surface area contributed by atoms with E-state index >= 15 is 0 Å². The quantitative estimate of drug-likeness (QED) is 0.720. The molecule has 0 atom stereocenters. The lowest BCUT2D eigenvalue weighted by Crippen LogP contribution is -2.48. The number of piperazine rings is 1. The first-order valence-corrected chi connectivity index (χ1v) is 10.6. The van der Waals surface area contributed by atoms with Gasteiger partial charge in [0.1, 0.15) is 0 Å². The molecule has 1 N–H and O–H groups in total. The van der Waals surface area contributed by atoms with Crippen molar-refractivity contribution in [2.75, 3.05) is 44.2 Å². The van der Waals surface area contributed by atoms with E-state index < -0.39 is 0 Å². The van der Waals surface area contributed by atoms with E-state index in [-0.39, 0.29) is 5.91 Å². The summed E-state index contributed by atoms with van der Waals surface area (Å²) in [4.78, 5) is 21.8. The summed E-state index contributed by atoms with van der Waals surface area (Å²) in [7, 11) is 0. The molecular formula is C22H26N4OS. The molecule has 1 aromatic heterocycles. The number of fused-ring (bicyclic) bond motifs is 1. The van der Waals surface area contributed by atoms with Crippen LogP contribution in [-0.2, 0) is 0 Å². The molecule has 0 unspecified atom stereocenters. The standard InChI is InChI=1S/C22H26N4OS/c1-16-14-17(2)20-19(15-16)24-22(28-20)26-12-10-25(11-13-26)9-8-23-21(27)18-6-4-3-5-7-18/h3-7,14-15H,8-13H2,1-2H3,(H,23,27). The molecule has 1 fully saturated rings. The number of carbonyl (C=O) groups excluding carboxylic acids is 1. The Balaban J connectivity index is 1.28. The van der Waals surface area contributed by atoms with Crippen molar-refractivity contribution in [2.24, 2.45) is 0 Å². The smallest absolute Gasteiger partial charge is 0.251 e. The first-order valence-electron chi connectivity index (χ1n) is 9.78. The van der Waals surface area contributed by atoms with Gasteiger partial charge in [-0.2, -0.15) is 0 Å². The van der Waals surface area contributed by atoms with Crippen LogP contribution in [0.2, 0.25) is 0 Å². The Labute approximate surface area is 170 Å². The molecule has 1 aliphatic rings. The number of aryl methyl sites for hydroxylation is 2. The topological polar surface area (TPSA) is 48.5 Å². The maximum Gasteiger partial charge on any atom is 0.251 e. The molecule has 0 aliphatic carbocycles. The molecule has 3 aromatic rings. The highest BCUT2D eigenvalue weighted by atomic mass is 32.1. The van der Waals surface area contributed by atoms with E-state index in [0.29, 0.717) is 12.1 Å². The fraction of sp³-hybridized carbons (Fsp3) is 0.364. The van der Waals surface area contributed by atoms with E-state index in [0.717, 1.165) is 43.4 Å². The average Bonchev–Trinajstić information content (AvgIpc) is 3.13. The molecule has 4 rings (SSSR count). The molecule has 0 bridgehead atoms. The third kappa shape index (κ3) is 4.18. The van der Waals surface area contributed by atoms with Gasteiger partial charge in [0.15, 0.2) is 5.13 Å². The van der Waals surface area contributed by atoms with Crippen LogP contribution >= 0.6 is 11.3 Å². The molecule has 2 aromatic carbocycles. The van der Waals surface area contributed by atoms with Gasteiger partial charge in [-0.3, -0.25) is 9.69 Å². The van der Waals surface area contributed by atoms with E-state index in [1.54, 1.807) is 11.3 Å². The van der Waals surface area contributed by atoms with Crippen molar-refractivity contribution < 1.29 is 4.79 Å². The lowest BCUT2D eigenvalue weighted by atomic mass is 10.1. The molecule has 1 saturated heterocycles. The van der Waals surface area contributed by atoms with Crippen LogP contribution < -0.4 is 10.2 Å². The minimum Gasteiger partial charge on any atom is -0.351 e. The van der Waals surface area contributed by atoms with E-state index in [1.807, 2.05) is 30.3 Å². The summed E-state index contributed by atoms with van der Waals surface area (Å²) in [6, 6.07) is 13.8. The number of aromatic nitrogens is 1. The number of anilines is 1. The van der Waals surface area contributed by atoms with Gasteiger partial charge in [0.25, 0.3) is 5.91 Å². The molecule has 28 heavy (non-hydrogen) atoms. The highest BCUT2D eigenvalue weighted by Crippen LogP contribution is 2.32. The summed E-state index contributed by atoms with van der Waals surface area (Å²) >= 11 is 1.80. The van der Waals surface area contributed by atoms with Crippen LogP contribution in [0.5, 0.6) is 0 Å². The maximum absolute atomic E-state index is 12.1. The molecule has 0 saturated carbocycles. The molecule has 1 amide bonds. The minimum atomic E-state index is -0.000579. The van der Waals surface area contributed by atoms with Crippen molar-refractivity contribution in [3.05, 3.63) is 59.2 Å². The van der Waals surface area contributed by atoms with Crippen LogP contribution in [0, 0.1) is 13.8 Å². The fourth-order valence-corrected chi connectivity index (χ4v) is 4.75. The minimum absolute atomic E-state index is 0.000579. The van der Waals surface area contributed by atoms with E-state index in [4.69, 9.17) is 4.98 Å². The van der Waals surface area contributed by atoms with E-state index in [9.17, 15) is 4.79 Å². The number of benzene rings is 2. The van der Waals surface area contributed by atoms with Gasteiger partial charge in [0.2, 0.25) is 0 Å². The zero-order chi connectivity index (χ0) is 19.5. The van der Waals surface area contributed by atoms with Gasteiger partial charge >= 0.3 is 0 Å². The Kier molecular flexibility index (Phi) is 5.59. The van der Waals surface area contributed by atoms with Crippen molar-refractivity contribution in [1.29, 1.82) is 0 Å². The summed E-state index contributed by atoms with van der Waals surface area (Å²) in [5, 5.41) is 4.14. The number of nitrogens with one attached hydrogen (secondary N) is 1. The second-order valence-corrected chi connectivity index (χ2v) is 8.35. The summed E-state index contributed by atoms with van der Waals surface area (Å²) in [5.74, 6) is -0.000579. The van der Waals surface area contributed by atoms with Crippen LogP contribution in [0.4, 0.5) is 5.13 Å². The van der Waals surface area contributed by atoms with E-state index in [2.05, 4.69) is 41.1 Å². The third-order valence-electron chi connectivity index (χ3n) is 5.20. The zero-order valence-electron chi connectivity index (χ0n) is 16.4. The summed E-state index contributed by atoms with van der Waals surface area (Å²) in [5.41, 5.74) is 4.41. The van der Waals surface area contributed by atoms with Gasteiger partial charge in [-0.1, -0.05) is 35.6 Å². The lowest BCUT2D eigenvalue weighted by molar-refractivity contribution is 0.0948. The average molecular weight is 395 g/mol. The molecule has 146 valence electrons. The highest BCUT2D eigenvalue weighted by Gasteiger charge is 2.20. The van der Waals surface area contributed by atoms with Crippen molar-refractivity contribution in [3.8, 4) is 0 Å². The largest absolute Gasteiger partial charge is 0.351 e. The van der Waals surface area contributed by atoms with Gasteiger partial charge in [0, 0.05) is 44.8 Å². The van der Waals surface area contributed by atoms with Gasteiger partial charge in [-0.15, -0.1) is 0 Å². The molecule has 2 heterocycles. The molecule has 5 nitrogen and oxygen atoms in total. The van der Waals surface area contributed by atoms with Crippen molar-refractivity contribution in [3.63, 3.8) is 0 Å². The Hall–Kier alpha value is -2.44. The van der Waals surface area contributed by atoms with Gasteiger partial charge in [-0.05, 0) is 43.2 Å². The van der Waals surface area contributed by atoms with Crippen molar-refractivity contribution in [1.82, 2.24) is 15.2 Å². The van der Waals surface area contributed by atoms with Gasteiger partial charge in [-0.25, -0.2) is 4.98 Å². The Morgan fingerprint density at radius 2 is 1.86 bits per heavy atom. The molecule has 6 heteroatoms. The van der Waals surface area contributed by atoms with Crippen molar-refractivity contribution in [2.45, 2.75) is 13.8 Å². The molecule has 0 spiro atoms. The van der Waals surface area contributed by atoms with Crippen LogP contribution in [-0.4, -0.2) is 55.1 Å². The third-order valence-corrected chi connectivity index (χ3v) is 6.47. The summed E-state index contributed by atoms with van der Waals surface area (Å²) in [6.45, 7) is 9.79. The Bertz CT molecular complexity index is 961. The monoisotopic (exact) mass is 394 g/mol. The lowest BCUT2D eigenvalue weighted by Gasteiger charge is -2.34. The number of nitrogens with zero attached hydrogens (tertiary/aromatic N) is 3. The number of amides is 1. The molecular weight excluding hydrogens is 368 g/mol. The summed E-state index contributed by atoms with van der Waals surface area (Å²) < 4.78 is 1.30. The normalized spacial score (nSPS) is 15.1. The zero-order valence-corrected chi connectivity index (χ0v) is 17.3. The summed E-state index contributed by atoms with van der Waals surface area (Å²) in [6.07, 6.45) is 0. The molecule has 1 aliphatic heterocycles. The highest BCUT2D eigenvalue weighted by molar-refractivity contribution is 7.22. The second kappa shape index (κ2) is 8.29. The van der Waals surface area contributed by atoms with Gasteiger partial charge in [0.05, 0.1) is 10.2 Å². The number of rotatable bonds is 5. The predicted octanol–water partition coefficient (Wildman–Crippen LogP) is 3.47. The number of carbonyl (C=O) groups is 1. The number of thiazole rings is 1. The van der Waals surface area contributed by atoms with Crippen LogP contribution in [0.15, 0.2) is 42.5 Å². The first-order chi connectivity index (χ1) is 13.6. The first kappa shape index (κ1) is 18.9. The second-order valence-electron chi connectivity index (χ2n) is 7.38. The Morgan fingerprint density at radius 1 is 1.11 bits per heavy atom. The number of hydrogen-bond acceptors (Lipinski definition) is 5. The van der Waals surface area contributed by atoms with Crippen molar-refractivity contribution >= 4 is 32.6 Å². The Morgan fingerprint density at radius 3 is 2.61 bits per heavy atom. The van der Waals surface area contributed by atoms with Gasteiger partial charge < -0.3 is 10.2 Å². The maximum atomic E-state index is 12.1. The van der Waals surface area contributed by atoms with Crippen LogP contribution in [0.1, 0.15) is 21.5 Å². The van der Waals surface area contributed by atoms with Crippen LogP contribution in [0.3, 0.4) is 0 Å². The number of hydrogen-bond donors (Lipinski definition) is 1. The van der Waals surface area contributed by atoms with E-state index in [1.165, 1.54) is 15.8 Å². The fourth-order valence-electron chi connectivity index (χ4n) is 3.68.